The van der Waals surface area contributed by atoms with Crippen LogP contribution in [0.3, 0.4) is 0 Å². The molecule has 1 aromatic heterocycles. The molecule has 1 aromatic carbocycles. The van der Waals surface area contributed by atoms with Crippen LogP contribution in [0.4, 0.5) is 5.82 Å². The molecular formula is C22H23N5O2S. The van der Waals surface area contributed by atoms with Gasteiger partial charge in [0.15, 0.2) is 0 Å². The second-order valence-corrected chi connectivity index (χ2v) is 8.08. The molecule has 0 radical (unpaired) electrons. The van der Waals surface area contributed by atoms with Crippen molar-refractivity contribution >= 4 is 23.5 Å². The van der Waals surface area contributed by atoms with Gasteiger partial charge in [0.25, 0.3) is 0 Å². The van der Waals surface area contributed by atoms with Crippen LogP contribution < -0.4 is 10.2 Å². The third-order valence-electron chi connectivity index (χ3n) is 4.93. The highest BCUT2D eigenvalue weighted by Gasteiger charge is 2.30. The van der Waals surface area contributed by atoms with E-state index in [0.29, 0.717) is 59.3 Å². The van der Waals surface area contributed by atoms with Gasteiger partial charge in [0.2, 0.25) is 5.91 Å². The molecular weight excluding hydrogens is 398 g/mol. The van der Waals surface area contributed by atoms with Gasteiger partial charge >= 0.3 is 0 Å². The number of rotatable bonds is 7. The van der Waals surface area contributed by atoms with Crippen molar-refractivity contribution in [2.45, 2.75) is 43.7 Å². The molecule has 2 N–H and O–H groups in total. The van der Waals surface area contributed by atoms with Crippen LogP contribution in [0.1, 0.15) is 41.7 Å². The van der Waals surface area contributed by atoms with Gasteiger partial charge in [0.05, 0.1) is 17.2 Å². The molecule has 154 valence electrons. The third kappa shape index (κ3) is 4.73. The number of nitriles is 2. The molecule has 30 heavy (non-hydrogen) atoms. The number of hydrogen-bond acceptors (Lipinski definition) is 7. The number of carbonyl (C=O) groups is 1. The number of hydrogen-bond donors (Lipinski definition) is 2. The number of aliphatic hydroxyl groups excluding tert-OH is 1. The van der Waals surface area contributed by atoms with E-state index < -0.39 is 6.10 Å². The van der Waals surface area contributed by atoms with E-state index in [-0.39, 0.29) is 5.91 Å². The van der Waals surface area contributed by atoms with E-state index in [1.54, 1.807) is 0 Å². The Kier molecular flexibility index (Phi) is 6.94. The van der Waals surface area contributed by atoms with Crippen LogP contribution in [-0.4, -0.2) is 35.2 Å². The van der Waals surface area contributed by atoms with E-state index >= 15 is 0 Å². The van der Waals surface area contributed by atoms with Crippen molar-refractivity contribution < 1.29 is 9.90 Å². The SMILES string of the molecule is CCc1c(C#N)c(SCc2ccc(CNC(C)=O)cc2)nc(N2CC(O)C2)c1C#N. The van der Waals surface area contributed by atoms with E-state index in [1.807, 2.05) is 36.1 Å². The van der Waals surface area contributed by atoms with Crippen molar-refractivity contribution in [3.8, 4) is 12.1 Å². The zero-order valence-corrected chi connectivity index (χ0v) is 17.8. The van der Waals surface area contributed by atoms with Gasteiger partial charge in [-0.1, -0.05) is 31.2 Å². The molecule has 1 aliphatic heterocycles. The highest BCUT2D eigenvalue weighted by Crippen LogP contribution is 2.34. The molecule has 0 saturated carbocycles. The van der Waals surface area contributed by atoms with E-state index in [9.17, 15) is 20.4 Å². The first kappa shape index (κ1) is 21.6. The first-order valence-electron chi connectivity index (χ1n) is 9.71. The molecule has 1 aliphatic rings. The van der Waals surface area contributed by atoms with Crippen molar-refractivity contribution in [3.63, 3.8) is 0 Å². The maximum Gasteiger partial charge on any atom is 0.217 e. The molecule has 1 fully saturated rings. The Bertz CT molecular complexity index is 1020. The molecule has 7 nitrogen and oxygen atoms in total. The van der Waals surface area contributed by atoms with Gasteiger partial charge in [-0.3, -0.25) is 4.79 Å². The number of benzene rings is 1. The van der Waals surface area contributed by atoms with Crippen LogP contribution in [0.2, 0.25) is 0 Å². The van der Waals surface area contributed by atoms with E-state index in [2.05, 4.69) is 22.4 Å². The van der Waals surface area contributed by atoms with Gasteiger partial charge < -0.3 is 15.3 Å². The number of thioether (sulfide) groups is 1. The van der Waals surface area contributed by atoms with Crippen LogP contribution >= 0.6 is 11.8 Å². The Hall–Kier alpha value is -3.07. The molecule has 0 aliphatic carbocycles. The van der Waals surface area contributed by atoms with Crippen LogP contribution in [0.15, 0.2) is 29.3 Å². The van der Waals surface area contributed by atoms with E-state index in [4.69, 9.17) is 0 Å². The first-order chi connectivity index (χ1) is 14.5. The number of nitrogens with one attached hydrogen (secondary N) is 1. The molecule has 0 atom stereocenters. The summed E-state index contributed by atoms with van der Waals surface area (Å²) in [5, 5.41) is 32.4. The van der Waals surface area contributed by atoms with Crippen molar-refractivity contribution in [3.05, 3.63) is 52.1 Å². The monoisotopic (exact) mass is 421 g/mol. The Balaban J connectivity index is 1.83. The molecule has 8 heteroatoms. The smallest absolute Gasteiger partial charge is 0.217 e. The standard InChI is InChI=1S/C22H23N5O2S/c1-3-18-19(8-23)21(27-11-17(29)12-27)26-22(20(18)9-24)30-13-16-6-4-15(5-7-16)10-25-14(2)28/h4-7,17,29H,3,10-13H2,1-2H3,(H,25,28). The Morgan fingerprint density at radius 1 is 1.23 bits per heavy atom. The summed E-state index contributed by atoms with van der Waals surface area (Å²) in [7, 11) is 0. The summed E-state index contributed by atoms with van der Waals surface area (Å²) in [4.78, 5) is 17.6. The van der Waals surface area contributed by atoms with Gasteiger partial charge in [-0.15, -0.1) is 11.8 Å². The lowest BCUT2D eigenvalue weighted by molar-refractivity contribution is -0.119. The summed E-state index contributed by atoms with van der Waals surface area (Å²) in [5.41, 5.74) is 3.67. The molecule has 0 bridgehead atoms. The minimum atomic E-state index is -0.411. The van der Waals surface area contributed by atoms with E-state index in [0.717, 1.165) is 11.1 Å². The van der Waals surface area contributed by atoms with Crippen LogP contribution in [0.5, 0.6) is 0 Å². The predicted molar refractivity (Wildman–Crippen MR) is 115 cm³/mol. The maximum atomic E-state index is 11.0. The topological polar surface area (TPSA) is 113 Å². The molecule has 2 heterocycles. The highest BCUT2D eigenvalue weighted by molar-refractivity contribution is 7.98. The van der Waals surface area contributed by atoms with Gasteiger partial charge in [0.1, 0.15) is 23.0 Å². The van der Waals surface area contributed by atoms with Gasteiger partial charge in [-0.2, -0.15) is 10.5 Å². The summed E-state index contributed by atoms with van der Waals surface area (Å²) >= 11 is 1.46. The van der Waals surface area contributed by atoms with Gasteiger partial charge in [-0.05, 0) is 23.1 Å². The number of amides is 1. The summed E-state index contributed by atoms with van der Waals surface area (Å²) in [6, 6.07) is 12.4. The number of β-amino-alcohol motifs (C(OH)–C–C–N with tert-alkyl or cyclic N) is 1. The summed E-state index contributed by atoms with van der Waals surface area (Å²) < 4.78 is 0. The minimum Gasteiger partial charge on any atom is -0.389 e. The lowest BCUT2D eigenvalue weighted by Crippen LogP contribution is -2.51. The van der Waals surface area contributed by atoms with Crippen LogP contribution in [-0.2, 0) is 23.5 Å². The Morgan fingerprint density at radius 3 is 2.40 bits per heavy atom. The zero-order valence-electron chi connectivity index (χ0n) is 17.0. The number of aliphatic hydroxyl groups is 1. The molecule has 2 aromatic rings. The quantitative estimate of drug-likeness (QED) is 0.660. The van der Waals surface area contributed by atoms with Crippen molar-refractivity contribution in [1.82, 2.24) is 10.3 Å². The highest BCUT2D eigenvalue weighted by atomic mass is 32.2. The number of nitrogens with zero attached hydrogens (tertiary/aromatic N) is 4. The predicted octanol–water partition coefficient (Wildman–Crippen LogP) is 2.50. The summed E-state index contributed by atoms with van der Waals surface area (Å²) in [6.45, 7) is 4.78. The first-order valence-corrected chi connectivity index (χ1v) is 10.7. The normalized spacial score (nSPS) is 13.3. The lowest BCUT2D eigenvalue weighted by Gasteiger charge is -2.37. The fraction of sp³-hybridized carbons (Fsp3) is 0.364. The van der Waals surface area contributed by atoms with Crippen molar-refractivity contribution in [1.29, 1.82) is 10.5 Å². The number of carbonyl (C=O) groups excluding carboxylic acids is 1. The summed E-state index contributed by atoms with van der Waals surface area (Å²) in [6.07, 6.45) is 0.148. The molecule has 1 saturated heterocycles. The molecule has 0 unspecified atom stereocenters. The van der Waals surface area contributed by atoms with Gasteiger partial charge in [0, 0.05) is 32.3 Å². The zero-order chi connectivity index (χ0) is 21.7. The van der Waals surface area contributed by atoms with Crippen LogP contribution in [0, 0.1) is 22.7 Å². The van der Waals surface area contributed by atoms with E-state index in [1.165, 1.54) is 18.7 Å². The molecule has 1 amide bonds. The average molecular weight is 422 g/mol. The average Bonchev–Trinajstić information content (AvgIpc) is 2.73. The van der Waals surface area contributed by atoms with Crippen molar-refractivity contribution in [2.75, 3.05) is 18.0 Å². The number of pyridine rings is 1. The Morgan fingerprint density at radius 2 is 1.87 bits per heavy atom. The Labute approximate surface area is 180 Å². The second-order valence-electron chi connectivity index (χ2n) is 7.12. The largest absolute Gasteiger partial charge is 0.389 e. The van der Waals surface area contributed by atoms with Crippen molar-refractivity contribution in [2.24, 2.45) is 0 Å². The number of anilines is 1. The fourth-order valence-corrected chi connectivity index (χ4v) is 4.24. The fourth-order valence-electron chi connectivity index (χ4n) is 3.28. The molecule has 0 spiro atoms. The third-order valence-corrected chi connectivity index (χ3v) is 5.97. The number of aromatic nitrogens is 1. The maximum absolute atomic E-state index is 11.0. The second kappa shape index (κ2) is 9.62. The van der Waals surface area contributed by atoms with Crippen LogP contribution in [0.25, 0.3) is 0 Å². The molecule has 3 rings (SSSR count). The lowest BCUT2D eigenvalue weighted by atomic mass is 10.0. The van der Waals surface area contributed by atoms with Gasteiger partial charge in [-0.25, -0.2) is 4.98 Å². The summed E-state index contributed by atoms with van der Waals surface area (Å²) in [5.74, 6) is 1.11. The minimum absolute atomic E-state index is 0.0668.